The van der Waals surface area contributed by atoms with Crippen molar-refractivity contribution in [2.45, 2.75) is 109 Å². The zero-order valence-electron chi connectivity index (χ0n) is 19.2. The fraction of sp³-hybridized carbons (Fsp3) is 0.704. The van der Waals surface area contributed by atoms with Gasteiger partial charge in [-0.15, -0.1) is 0 Å². The Bertz CT molecular complexity index is 770. The largest absolute Gasteiger partial charge is 0.464 e. The Balaban J connectivity index is 1.75. The van der Waals surface area contributed by atoms with Gasteiger partial charge in [0.25, 0.3) is 0 Å². The molecule has 2 aliphatic rings. The van der Waals surface area contributed by atoms with E-state index in [1.165, 1.54) is 57.1 Å². The van der Waals surface area contributed by atoms with Crippen LogP contribution in [0.4, 0.5) is 4.39 Å². The molecule has 2 fully saturated rings. The van der Waals surface area contributed by atoms with Gasteiger partial charge in [-0.1, -0.05) is 77.2 Å². The topological polar surface area (TPSA) is 50.1 Å². The molecule has 0 aromatic heterocycles. The third-order valence-electron chi connectivity index (χ3n) is 7.72. The molecule has 2 saturated carbocycles. The Morgan fingerprint density at radius 1 is 1.03 bits per heavy atom. The van der Waals surface area contributed by atoms with E-state index in [9.17, 15) is 9.18 Å². The molecule has 0 saturated heterocycles. The van der Waals surface area contributed by atoms with Gasteiger partial charge in [0, 0.05) is 5.41 Å². The number of nitriles is 1. The lowest BCUT2D eigenvalue weighted by Gasteiger charge is -2.40. The quantitative estimate of drug-likeness (QED) is 0.305. The van der Waals surface area contributed by atoms with Crippen LogP contribution in [-0.2, 0) is 14.9 Å². The Labute approximate surface area is 187 Å². The van der Waals surface area contributed by atoms with Crippen LogP contribution in [-0.4, -0.2) is 12.6 Å². The second kappa shape index (κ2) is 11.1. The van der Waals surface area contributed by atoms with Gasteiger partial charge >= 0.3 is 5.97 Å². The van der Waals surface area contributed by atoms with Gasteiger partial charge in [0.2, 0.25) is 0 Å². The van der Waals surface area contributed by atoms with E-state index in [4.69, 9.17) is 10.00 Å². The van der Waals surface area contributed by atoms with Crippen LogP contribution in [0.5, 0.6) is 0 Å². The van der Waals surface area contributed by atoms with E-state index >= 15 is 0 Å². The number of hydrogen-bond acceptors (Lipinski definition) is 3. The molecular formula is C27H38FNO2. The molecule has 170 valence electrons. The molecule has 0 atom stereocenters. The molecule has 1 aromatic rings. The molecule has 0 heterocycles. The van der Waals surface area contributed by atoms with E-state index in [1.54, 1.807) is 6.07 Å². The van der Waals surface area contributed by atoms with Crippen molar-refractivity contribution >= 4 is 5.97 Å². The van der Waals surface area contributed by atoms with E-state index < -0.39 is 11.2 Å². The summed E-state index contributed by atoms with van der Waals surface area (Å²) in [5, 5.41) is 9.07. The molecule has 3 nitrogen and oxygen atoms in total. The van der Waals surface area contributed by atoms with Crippen LogP contribution in [0.3, 0.4) is 0 Å². The van der Waals surface area contributed by atoms with E-state index in [-0.39, 0.29) is 16.9 Å². The molecule has 0 bridgehead atoms. The highest BCUT2D eigenvalue weighted by Crippen LogP contribution is 2.44. The maximum Gasteiger partial charge on any atom is 0.316 e. The second-order valence-corrected chi connectivity index (χ2v) is 9.90. The van der Waals surface area contributed by atoms with Crippen LogP contribution in [0.25, 0.3) is 0 Å². The molecule has 3 rings (SSSR count). The van der Waals surface area contributed by atoms with Crippen LogP contribution in [0.15, 0.2) is 18.2 Å². The molecule has 0 radical (unpaired) electrons. The standard InChI is InChI=1S/C27H38FNO2/c1-2-3-4-7-14-26(15-8-5-9-16-26)21-31-25(30)27(17-10-6-11-18-27)23-13-12-22(20-29)24(28)19-23/h12-13,19H,2-11,14-18,21H2,1H3. The third-order valence-corrected chi connectivity index (χ3v) is 7.72. The number of rotatable bonds is 9. The van der Waals surface area contributed by atoms with Gasteiger partial charge in [-0.3, -0.25) is 4.79 Å². The Kier molecular flexibility index (Phi) is 8.52. The third kappa shape index (κ3) is 5.68. The van der Waals surface area contributed by atoms with Crippen molar-refractivity contribution in [3.8, 4) is 6.07 Å². The van der Waals surface area contributed by atoms with E-state index in [0.717, 1.165) is 38.5 Å². The molecule has 2 aliphatic carbocycles. The van der Waals surface area contributed by atoms with E-state index in [2.05, 4.69) is 6.92 Å². The van der Waals surface area contributed by atoms with Gasteiger partial charge in [0.15, 0.2) is 0 Å². The molecule has 0 unspecified atom stereocenters. The van der Waals surface area contributed by atoms with Crippen LogP contribution < -0.4 is 0 Å². The zero-order valence-corrected chi connectivity index (χ0v) is 19.2. The lowest BCUT2D eigenvalue weighted by atomic mass is 9.69. The first-order valence-corrected chi connectivity index (χ1v) is 12.4. The van der Waals surface area contributed by atoms with Crippen LogP contribution in [0.2, 0.25) is 0 Å². The highest BCUT2D eigenvalue weighted by Gasteiger charge is 2.44. The van der Waals surface area contributed by atoms with Crippen molar-refractivity contribution in [3.63, 3.8) is 0 Å². The first-order chi connectivity index (χ1) is 15.1. The number of carbonyl (C=O) groups excluding carboxylic acids is 1. The lowest BCUT2D eigenvalue weighted by Crippen LogP contribution is -2.42. The summed E-state index contributed by atoms with van der Waals surface area (Å²) in [7, 11) is 0. The molecule has 0 N–H and O–H groups in total. The predicted molar refractivity (Wildman–Crippen MR) is 121 cm³/mol. The fourth-order valence-electron chi connectivity index (χ4n) is 5.72. The number of esters is 1. The first-order valence-electron chi connectivity index (χ1n) is 12.4. The van der Waals surface area contributed by atoms with Gasteiger partial charge in [-0.05, 0) is 49.8 Å². The number of hydrogen-bond donors (Lipinski definition) is 0. The monoisotopic (exact) mass is 427 g/mol. The van der Waals surface area contributed by atoms with Crippen LogP contribution in [0.1, 0.15) is 114 Å². The molecular weight excluding hydrogens is 389 g/mol. The lowest BCUT2D eigenvalue weighted by molar-refractivity contribution is -0.157. The summed E-state index contributed by atoms with van der Waals surface area (Å²) in [6, 6.07) is 6.54. The number of nitrogens with zero attached hydrogens (tertiary/aromatic N) is 1. The first kappa shape index (κ1) is 23.8. The number of halogens is 1. The highest BCUT2D eigenvalue weighted by molar-refractivity contribution is 5.83. The maximum absolute atomic E-state index is 14.4. The minimum absolute atomic E-state index is 0.0244. The molecule has 1 aromatic carbocycles. The Morgan fingerprint density at radius 2 is 1.71 bits per heavy atom. The van der Waals surface area contributed by atoms with Gasteiger partial charge < -0.3 is 4.74 Å². The van der Waals surface area contributed by atoms with Crippen molar-refractivity contribution in [1.82, 2.24) is 0 Å². The Morgan fingerprint density at radius 3 is 2.32 bits per heavy atom. The van der Waals surface area contributed by atoms with Crippen molar-refractivity contribution in [1.29, 1.82) is 5.26 Å². The maximum atomic E-state index is 14.4. The molecule has 4 heteroatoms. The van der Waals surface area contributed by atoms with Crippen molar-refractivity contribution in [2.24, 2.45) is 5.41 Å². The SMILES string of the molecule is CCCCCCC1(COC(=O)C2(c3ccc(C#N)c(F)c3)CCCCC2)CCCCC1. The molecule has 0 amide bonds. The van der Waals surface area contributed by atoms with E-state index in [0.29, 0.717) is 25.0 Å². The Hall–Kier alpha value is -1.89. The van der Waals surface area contributed by atoms with Gasteiger partial charge in [0.05, 0.1) is 17.6 Å². The highest BCUT2D eigenvalue weighted by atomic mass is 19.1. The van der Waals surface area contributed by atoms with Crippen molar-refractivity contribution in [2.75, 3.05) is 6.61 Å². The minimum atomic E-state index is -0.773. The summed E-state index contributed by atoms with van der Waals surface area (Å²) < 4.78 is 20.5. The zero-order chi connectivity index (χ0) is 22.2. The summed E-state index contributed by atoms with van der Waals surface area (Å²) in [4.78, 5) is 13.5. The molecule has 0 spiro atoms. The minimum Gasteiger partial charge on any atom is -0.464 e. The number of carbonyl (C=O) groups is 1. The summed E-state index contributed by atoms with van der Waals surface area (Å²) in [6.07, 6.45) is 16.5. The van der Waals surface area contributed by atoms with Crippen molar-refractivity contribution in [3.05, 3.63) is 35.1 Å². The average molecular weight is 428 g/mol. The van der Waals surface area contributed by atoms with E-state index in [1.807, 2.05) is 6.07 Å². The van der Waals surface area contributed by atoms with Crippen molar-refractivity contribution < 1.29 is 13.9 Å². The smallest absolute Gasteiger partial charge is 0.316 e. The normalized spacial score (nSPS) is 20.0. The second-order valence-electron chi connectivity index (χ2n) is 9.90. The summed E-state index contributed by atoms with van der Waals surface area (Å²) in [5.74, 6) is -0.729. The van der Waals surface area contributed by atoms with Gasteiger partial charge in [0.1, 0.15) is 11.9 Å². The number of ether oxygens (including phenoxy) is 1. The fourth-order valence-corrected chi connectivity index (χ4v) is 5.72. The number of benzene rings is 1. The van der Waals surface area contributed by atoms with Crippen LogP contribution >= 0.6 is 0 Å². The van der Waals surface area contributed by atoms with Gasteiger partial charge in [-0.25, -0.2) is 4.39 Å². The molecule has 31 heavy (non-hydrogen) atoms. The number of unbranched alkanes of at least 4 members (excludes halogenated alkanes) is 3. The molecule has 0 aliphatic heterocycles. The predicted octanol–water partition coefficient (Wildman–Crippen LogP) is 7.36. The summed E-state index contributed by atoms with van der Waals surface area (Å²) in [5.41, 5.74) is 0.0455. The van der Waals surface area contributed by atoms with Crippen LogP contribution in [0, 0.1) is 22.6 Å². The summed E-state index contributed by atoms with van der Waals surface area (Å²) in [6.45, 7) is 2.73. The average Bonchev–Trinajstić information content (AvgIpc) is 2.81. The van der Waals surface area contributed by atoms with Gasteiger partial charge in [-0.2, -0.15) is 5.26 Å². The summed E-state index contributed by atoms with van der Waals surface area (Å²) >= 11 is 0.